The van der Waals surface area contributed by atoms with Gasteiger partial charge in [-0.05, 0) is 56.8 Å². The number of unbranched alkanes of at least 4 members (excludes halogenated alkanes) is 1. The third kappa shape index (κ3) is 5.16. The molecule has 1 unspecified atom stereocenters. The summed E-state index contributed by atoms with van der Waals surface area (Å²) in [6.45, 7) is 5.22. The highest BCUT2D eigenvalue weighted by Crippen LogP contribution is 2.20. The Morgan fingerprint density at radius 3 is 2.81 bits per heavy atom. The summed E-state index contributed by atoms with van der Waals surface area (Å²) < 4.78 is 0. The number of para-hydroxylation sites is 1. The van der Waals surface area contributed by atoms with E-state index in [1.165, 1.54) is 12.8 Å². The Hall–Kier alpha value is -1.35. The lowest BCUT2D eigenvalue weighted by Crippen LogP contribution is -2.34. The standard InChI is InChI=1S/C18H28N2O/c1-2-3-14-20(17-9-5-4-6-10-17)18(21)12-11-16-8-7-13-19-15-16/h4-6,9-10,16,19H,2-3,7-8,11-15H2,1H3. The molecule has 1 aliphatic heterocycles. The monoisotopic (exact) mass is 288 g/mol. The predicted octanol–water partition coefficient (Wildman–Crippen LogP) is 3.60. The van der Waals surface area contributed by atoms with Crippen LogP contribution in [-0.4, -0.2) is 25.5 Å². The summed E-state index contributed by atoms with van der Waals surface area (Å²) in [5.74, 6) is 0.951. The second-order valence-corrected chi connectivity index (χ2v) is 5.99. The van der Waals surface area contributed by atoms with E-state index in [1.54, 1.807) is 0 Å². The summed E-state index contributed by atoms with van der Waals surface area (Å²) in [4.78, 5) is 14.6. The molecule has 0 radical (unpaired) electrons. The molecule has 3 nitrogen and oxygen atoms in total. The van der Waals surface area contributed by atoms with Gasteiger partial charge < -0.3 is 10.2 Å². The lowest BCUT2D eigenvalue weighted by atomic mass is 9.94. The molecule has 1 N–H and O–H groups in total. The van der Waals surface area contributed by atoms with Crippen molar-refractivity contribution in [2.75, 3.05) is 24.5 Å². The number of benzene rings is 1. The van der Waals surface area contributed by atoms with Gasteiger partial charge in [0.15, 0.2) is 0 Å². The van der Waals surface area contributed by atoms with Gasteiger partial charge in [-0.1, -0.05) is 31.5 Å². The van der Waals surface area contributed by atoms with Crippen LogP contribution in [0.5, 0.6) is 0 Å². The van der Waals surface area contributed by atoms with Crippen molar-refractivity contribution in [3.05, 3.63) is 30.3 Å². The SMILES string of the molecule is CCCCN(C(=O)CCC1CCCNC1)c1ccccc1. The molecule has 1 amide bonds. The Morgan fingerprint density at radius 1 is 1.33 bits per heavy atom. The first-order chi connectivity index (χ1) is 10.3. The van der Waals surface area contributed by atoms with E-state index in [0.29, 0.717) is 12.3 Å². The average molecular weight is 288 g/mol. The van der Waals surface area contributed by atoms with E-state index in [1.807, 2.05) is 35.2 Å². The minimum Gasteiger partial charge on any atom is -0.316 e. The van der Waals surface area contributed by atoms with E-state index in [9.17, 15) is 4.79 Å². The Bertz CT molecular complexity index is 412. The van der Waals surface area contributed by atoms with Crippen molar-refractivity contribution < 1.29 is 4.79 Å². The number of carbonyl (C=O) groups is 1. The smallest absolute Gasteiger partial charge is 0.226 e. The number of piperidine rings is 1. The minimum absolute atomic E-state index is 0.278. The van der Waals surface area contributed by atoms with E-state index in [-0.39, 0.29) is 5.91 Å². The number of rotatable bonds is 7. The number of carbonyl (C=O) groups excluding carboxylic acids is 1. The van der Waals surface area contributed by atoms with Crippen LogP contribution in [0.1, 0.15) is 45.4 Å². The van der Waals surface area contributed by atoms with E-state index in [0.717, 1.165) is 44.6 Å². The van der Waals surface area contributed by atoms with Crippen molar-refractivity contribution in [3.63, 3.8) is 0 Å². The molecular formula is C18H28N2O. The highest BCUT2D eigenvalue weighted by atomic mass is 16.2. The van der Waals surface area contributed by atoms with Gasteiger partial charge in [-0.25, -0.2) is 0 Å². The van der Waals surface area contributed by atoms with Gasteiger partial charge in [0.05, 0.1) is 0 Å². The van der Waals surface area contributed by atoms with Crippen LogP contribution in [0.2, 0.25) is 0 Å². The van der Waals surface area contributed by atoms with E-state index >= 15 is 0 Å². The van der Waals surface area contributed by atoms with Crippen LogP contribution in [0.3, 0.4) is 0 Å². The molecule has 1 aromatic carbocycles. The van der Waals surface area contributed by atoms with Crippen LogP contribution in [0.25, 0.3) is 0 Å². The van der Waals surface area contributed by atoms with E-state index in [4.69, 9.17) is 0 Å². The zero-order valence-corrected chi connectivity index (χ0v) is 13.2. The molecule has 1 fully saturated rings. The zero-order valence-electron chi connectivity index (χ0n) is 13.2. The summed E-state index contributed by atoms with van der Waals surface area (Å²) in [7, 11) is 0. The third-order valence-corrected chi connectivity index (χ3v) is 4.27. The van der Waals surface area contributed by atoms with Crippen LogP contribution in [-0.2, 0) is 4.79 Å². The second kappa shape index (κ2) is 8.83. The zero-order chi connectivity index (χ0) is 14.9. The molecule has 1 saturated heterocycles. The number of amides is 1. The van der Waals surface area contributed by atoms with Gasteiger partial charge in [0.2, 0.25) is 5.91 Å². The molecule has 1 heterocycles. The number of anilines is 1. The summed E-state index contributed by atoms with van der Waals surface area (Å²) in [5.41, 5.74) is 1.04. The molecule has 1 atom stereocenters. The first kappa shape index (κ1) is 16.0. The molecule has 1 aromatic rings. The molecule has 2 rings (SSSR count). The van der Waals surface area contributed by atoms with Crippen LogP contribution >= 0.6 is 0 Å². The normalized spacial score (nSPS) is 18.4. The first-order valence-electron chi connectivity index (χ1n) is 8.37. The highest BCUT2D eigenvalue weighted by molar-refractivity contribution is 5.93. The van der Waals surface area contributed by atoms with Crippen molar-refractivity contribution in [3.8, 4) is 0 Å². The maximum absolute atomic E-state index is 12.6. The fourth-order valence-electron chi connectivity index (χ4n) is 2.95. The van der Waals surface area contributed by atoms with Gasteiger partial charge in [0.1, 0.15) is 0 Å². The number of nitrogens with zero attached hydrogens (tertiary/aromatic N) is 1. The Labute approximate surface area is 128 Å². The molecule has 0 saturated carbocycles. The molecule has 1 aliphatic rings. The summed E-state index contributed by atoms with van der Waals surface area (Å²) >= 11 is 0. The topological polar surface area (TPSA) is 32.3 Å². The molecule has 0 aliphatic carbocycles. The molecule has 0 spiro atoms. The predicted molar refractivity (Wildman–Crippen MR) is 88.5 cm³/mol. The van der Waals surface area contributed by atoms with E-state index < -0.39 is 0 Å². The second-order valence-electron chi connectivity index (χ2n) is 5.99. The van der Waals surface area contributed by atoms with E-state index in [2.05, 4.69) is 12.2 Å². The number of hydrogen-bond acceptors (Lipinski definition) is 2. The van der Waals surface area contributed by atoms with Crippen LogP contribution in [0, 0.1) is 5.92 Å². The molecule has 116 valence electrons. The Morgan fingerprint density at radius 2 is 2.14 bits per heavy atom. The largest absolute Gasteiger partial charge is 0.316 e. The minimum atomic E-state index is 0.278. The maximum Gasteiger partial charge on any atom is 0.226 e. The number of hydrogen-bond donors (Lipinski definition) is 1. The van der Waals surface area contributed by atoms with Gasteiger partial charge in [-0.3, -0.25) is 4.79 Å². The Kier molecular flexibility index (Phi) is 6.74. The van der Waals surface area contributed by atoms with Gasteiger partial charge in [0.25, 0.3) is 0 Å². The number of nitrogens with one attached hydrogen (secondary N) is 1. The van der Waals surface area contributed by atoms with Crippen molar-refractivity contribution in [2.24, 2.45) is 5.92 Å². The molecule has 0 bridgehead atoms. The van der Waals surface area contributed by atoms with Crippen molar-refractivity contribution in [2.45, 2.75) is 45.4 Å². The first-order valence-corrected chi connectivity index (χ1v) is 8.37. The summed E-state index contributed by atoms with van der Waals surface area (Å²) in [5, 5.41) is 3.43. The highest BCUT2D eigenvalue weighted by Gasteiger charge is 2.18. The molecule has 21 heavy (non-hydrogen) atoms. The van der Waals surface area contributed by atoms with Crippen LogP contribution in [0.15, 0.2) is 30.3 Å². The molecular weight excluding hydrogens is 260 g/mol. The van der Waals surface area contributed by atoms with Crippen molar-refractivity contribution in [1.82, 2.24) is 5.32 Å². The lowest BCUT2D eigenvalue weighted by Gasteiger charge is -2.26. The van der Waals surface area contributed by atoms with Crippen molar-refractivity contribution in [1.29, 1.82) is 0 Å². The fraction of sp³-hybridized carbons (Fsp3) is 0.611. The Balaban J connectivity index is 1.90. The fourth-order valence-corrected chi connectivity index (χ4v) is 2.95. The average Bonchev–Trinajstić information content (AvgIpc) is 2.55. The quantitative estimate of drug-likeness (QED) is 0.831. The lowest BCUT2D eigenvalue weighted by molar-refractivity contribution is -0.119. The van der Waals surface area contributed by atoms with Gasteiger partial charge in [-0.15, -0.1) is 0 Å². The summed E-state index contributed by atoms with van der Waals surface area (Å²) in [6, 6.07) is 10.1. The van der Waals surface area contributed by atoms with Crippen LogP contribution in [0.4, 0.5) is 5.69 Å². The van der Waals surface area contributed by atoms with Crippen LogP contribution < -0.4 is 10.2 Å². The molecule has 0 aromatic heterocycles. The molecule has 3 heteroatoms. The van der Waals surface area contributed by atoms with Gasteiger partial charge in [0, 0.05) is 18.7 Å². The summed E-state index contributed by atoms with van der Waals surface area (Å²) in [6.07, 6.45) is 6.37. The van der Waals surface area contributed by atoms with Crippen molar-refractivity contribution >= 4 is 11.6 Å². The van der Waals surface area contributed by atoms with Gasteiger partial charge in [-0.2, -0.15) is 0 Å². The maximum atomic E-state index is 12.6. The van der Waals surface area contributed by atoms with Gasteiger partial charge >= 0.3 is 0 Å². The third-order valence-electron chi connectivity index (χ3n) is 4.27.